The van der Waals surface area contributed by atoms with Crippen LogP contribution in [0.2, 0.25) is 0 Å². The fraction of sp³-hybridized carbons (Fsp3) is 0.250. The van der Waals surface area contributed by atoms with Gasteiger partial charge in [0.05, 0.1) is 11.7 Å². The van der Waals surface area contributed by atoms with Crippen molar-refractivity contribution in [2.24, 2.45) is 0 Å². The number of nitrogens with two attached hydrogens (primary N) is 1. The van der Waals surface area contributed by atoms with Gasteiger partial charge < -0.3 is 26.0 Å². The molecule has 0 saturated heterocycles. The molecule has 0 aliphatic carbocycles. The first-order valence-corrected chi connectivity index (χ1v) is 10.2. The Morgan fingerprint density at radius 1 is 1.16 bits per heavy atom. The fourth-order valence-electron chi connectivity index (χ4n) is 3.69. The van der Waals surface area contributed by atoms with Crippen LogP contribution in [-0.2, 0) is 6.42 Å². The largest absolute Gasteiger partial charge is 0.489 e. The normalized spacial score (nSPS) is 16.2. The molecule has 2 unspecified atom stereocenters. The summed E-state index contributed by atoms with van der Waals surface area (Å²) in [6, 6.07) is 16.4. The number of aromatic carboxylic acids is 1. The Hall–Kier alpha value is -3.42. The molecule has 1 aromatic heterocycles. The van der Waals surface area contributed by atoms with Gasteiger partial charge in [-0.2, -0.15) is 0 Å². The highest BCUT2D eigenvalue weighted by Gasteiger charge is 2.20. The molecular formula is C24H25N3O4. The molecule has 0 fully saturated rings. The third-order valence-electron chi connectivity index (χ3n) is 5.46. The summed E-state index contributed by atoms with van der Waals surface area (Å²) in [4.78, 5) is 15.0. The van der Waals surface area contributed by atoms with Gasteiger partial charge >= 0.3 is 5.97 Å². The second kappa shape index (κ2) is 9.16. The molecule has 31 heavy (non-hydrogen) atoms. The number of anilines is 1. The van der Waals surface area contributed by atoms with Crippen LogP contribution in [0.25, 0.3) is 11.1 Å². The number of rotatable bonds is 7. The molecule has 1 aliphatic heterocycles. The highest BCUT2D eigenvalue weighted by Crippen LogP contribution is 2.32. The molecule has 0 spiro atoms. The smallest absolute Gasteiger partial charge is 0.335 e. The van der Waals surface area contributed by atoms with Crippen molar-refractivity contribution in [2.75, 3.05) is 18.8 Å². The summed E-state index contributed by atoms with van der Waals surface area (Å²) in [6.07, 6.45) is 2.74. The Labute approximate surface area is 180 Å². The number of fused-ring (bicyclic) bond motifs is 1. The molecule has 3 aromatic rings. The number of hydrogen-bond acceptors (Lipinski definition) is 6. The number of carbonyl (C=O) groups is 1. The minimum absolute atomic E-state index is 0.0324. The van der Waals surface area contributed by atoms with E-state index in [9.17, 15) is 9.90 Å². The summed E-state index contributed by atoms with van der Waals surface area (Å²) in [5.41, 5.74) is 9.73. The average Bonchev–Trinajstić information content (AvgIpc) is 2.79. The van der Waals surface area contributed by atoms with Gasteiger partial charge in [-0.1, -0.05) is 24.3 Å². The number of nitrogens with one attached hydrogen (secondary N) is 1. The quantitative estimate of drug-likeness (QED) is 0.465. The van der Waals surface area contributed by atoms with E-state index in [1.165, 1.54) is 0 Å². The number of carboxylic acid groups (broad SMARTS) is 1. The molecule has 7 heteroatoms. The number of nitrogen functional groups attached to an aromatic ring is 1. The Kier molecular flexibility index (Phi) is 6.16. The number of aromatic nitrogens is 1. The van der Waals surface area contributed by atoms with Crippen molar-refractivity contribution in [3.63, 3.8) is 0 Å². The van der Waals surface area contributed by atoms with Gasteiger partial charge in [0, 0.05) is 24.8 Å². The van der Waals surface area contributed by atoms with E-state index in [0.29, 0.717) is 18.9 Å². The summed E-state index contributed by atoms with van der Waals surface area (Å²) < 4.78 is 6.13. The van der Waals surface area contributed by atoms with Crippen molar-refractivity contribution in [1.29, 1.82) is 0 Å². The minimum atomic E-state index is -0.928. The van der Waals surface area contributed by atoms with Gasteiger partial charge in [0.25, 0.3) is 0 Å². The standard InChI is InChI=1S/C24H25N3O4/c25-23-10-7-19(12-27-23)21(28)14-26-13-20-8-5-18-11-17(6-9-22(18)31-20)15-1-3-16(4-2-15)24(29)30/h1-4,6-7,9-12,20-21,26,28H,5,8,13-14H2,(H2,25,27)(H,29,30). The zero-order chi connectivity index (χ0) is 21.8. The van der Waals surface area contributed by atoms with Crippen molar-refractivity contribution >= 4 is 11.8 Å². The van der Waals surface area contributed by atoms with Crippen LogP contribution in [0.5, 0.6) is 5.75 Å². The van der Waals surface area contributed by atoms with Crippen molar-refractivity contribution in [1.82, 2.24) is 10.3 Å². The van der Waals surface area contributed by atoms with Crippen LogP contribution < -0.4 is 15.8 Å². The summed E-state index contributed by atoms with van der Waals surface area (Å²) in [6.45, 7) is 1.04. The lowest BCUT2D eigenvalue weighted by Gasteiger charge is -2.27. The summed E-state index contributed by atoms with van der Waals surface area (Å²) >= 11 is 0. The molecule has 2 heterocycles. The van der Waals surface area contributed by atoms with E-state index >= 15 is 0 Å². The summed E-state index contributed by atoms with van der Waals surface area (Å²) in [5.74, 6) is 0.369. The lowest BCUT2D eigenvalue weighted by atomic mass is 9.96. The molecule has 0 bridgehead atoms. The van der Waals surface area contributed by atoms with Crippen LogP contribution in [0.1, 0.15) is 34.0 Å². The van der Waals surface area contributed by atoms with E-state index in [1.54, 1.807) is 30.5 Å². The highest BCUT2D eigenvalue weighted by atomic mass is 16.5. The lowest BCUT2D eigenvalue weighted by Crippen LogP contribution is -2.36. The summed E-state index contributed by atoms with van der Waals surface area (Å²) in [5, 5.41) is 22.6. The van der Waals surface area contributed by atoms with Crippen molar-refractivity contribution in [2.45, 2.75) is 25.0 Å². The van der Waals surface area contributed by atoms with E-state index in [-0.39, 0.29) is 11.7 Å². The molecule has 0 saturated carbocycles. The molecule has 2 atom stereocenters. The van der Waals surface area contributed by atoms with Crippen molar-refractivity contribution < 1.29 is 19.7 Å². The fourth-order valence-corrected chi connectivity index (χ4v) is 3.69. The predicted octanol–water partition coefficient (Wildman–Crippen LogP) is 3.05. The molecular weight excluding hydrogens is 394 g/mol. The minimum Gasteiger partial charge on any atom is -0.489 e. The van der Waals surface area contributed by atoms with Crippen LogP contribution in [0.15, 0.2) is 60.8 Å². The second-order valence-corrected chi connectivity index (χ2v) is 7.67. The Balaban J connectivity index is 1.32. The van der Waals surface area contributed by atoms with Gasteiger partial charge in [-0.15, -0.1) is 0 Å². The van der Waals surface area contributed by atoms with Gasteiger partial charge in [0.15, 0.2) is 0 Å². The number of ether oxygens (including phenoxy) is 1. The predicted molar refractivity (Wildman–Crippen MR) is 118 cm³/mol. The number of aliphatic hydroxyl groups excluding tert-OH is 1. The first kappa shape index (κ1) is 20.8. The van der Waals surface area contributed by atoms with Gasteiger partial charge in [0.1, 0.15) is 17.7 Å². The maximum absolute atomic E-state index is 11.0. The maximum atomic E-state index is 11.0. The third kappa shape index (κ3) is 5.02. The van der Waals surface area contributed by atoms with Gasteiger partial charge in [0.2, 0.25) is 0 Å². The molecule has 0 amide bonds. The number of benzene rings is 2. The van der Waals surface area contributed by atoms with Crippen molar-refractivity contribution in [3.8, 4) is 16.9 Å². The Morgan fingerprint density at radius 2 is 1.94 bits per heavy atom. The van der Waals surface area contributed by atoms with Crippen LogP contribution in [-0.4, -0.2) is 40.4 Å². The average molecular weight is 419 g/mol. The zero-order valence-electron chi connectivity index (χ0n) is 17.0. The Morgan fingerprint density at radius 3 is 2.65 bits per heavy atom. The molecule has 1 aliphatic rings. The Bertz CT molecular complexity index is 1050. The van der Waals surface area contributed by atoms with Crippen LogP contribution in [0.3, 0.4) is 0 Å². The summed E-state index contributed by atoms with van der Waals surface area (Å²) in [7, 11) is 0. The molecule has 5 N–H and O–H groups in total. The third-order valence-corrected chi connectivity index (χ3v) is 5.46. The first-order valence-electron chi connectivity index (χ1n) is 10.2. The van der Waals surface area contributed by atoms with Crippen LogP contribution >= 0.6 is 0 Å². The molecule has 0 radical (unpaired) electrons. The van der Waals surface area contributed by atoms with E-state index in [1.807, 2.05) is 24.3 Å². The van der Waals surface area contributed by atoms with Crippen molar-refractivity contribution in [3.05, 3.63) is 77.5 Å². The number of hydrogen-bond donors (Lipinski definition) is 4. The second-order valence-electron chi connectivity index (χ2n) is 7.67. The lowest BCUT2D eigenvalue weighted by molar-refractivity contribution is 0.0697. The van der Waals surface area contributed by atoms with E-state index < -0.39 is 12.1 Å². The number of carboxylic acids is 1. The van der Waals surface area contributed by atoms with E-state index in [2.05, 4.69) is 16.4 Å². The SMILES string of the molecule is Nc1ccc(C(O)CNCC2CCc3cc(-c4ccc(C(=O)O)cc4)ccc3O2)cn1. The van der Waals surface area contributed by atoms with Gasteiger partial charge in [-0.3, -0.25) is 0 Å². The molecule has 2 aromatic carbocycles. The number of aliphatic hydroxyl groups is 1. The van der Waals surface area contributed by atoms with Gasteiger partial charge in [-0.25, -0.2) is 9.78 Å². The number of pyridine rings is 1. The highest BCUT2D eigenvalue weighted by molar-refractivity contribution is 5.88. The molecule has 160 valence electrons. The zero-order valence-corrected chi connectivity index (χ0v) is 17.0. The number of aryl methyl sites for hydroxylation is 1. The van der Waals surface area contributed by atoms with Gasteiger partial charge in [-0.05, 0) is 59.9 Å². The number of nitrogens with zero attached hydrogens (tertiary/aromatic N) is 1. The monoisotopic (exact) mass is 419 g/mol. The molecule has 4 rings (SSSR count). The van der Waals surface area contributed by atoms with E-state index in [0.717, 1.165) is 40.8 Å². The molecule has 7 nitrogen and oxygen atoms in total. The van der Waals surface area contributed by atoms with Crippen LogP contribution in [0.4, 0.5) is 5.82 Å². The van der Waals surface area contributed by atoms with E-state index in [4.69, 9.17) is 15.6 Å². The maximum Gasteiger partial charge on any atom is 0.335 e. The topological polar surface area (TPSA) is 118 Å². The first-order chi connectivity index (χ1) is 15.0. The van der Waals surface area contributed by atoms with Crippen LogP contribution in [0, 0.1) is 0 Å².